The van der Waals surface area contributed by atoms with Crippen molar-refractivity contribution in [2.45, 2.75) is 0 Å². The highest BCUT2D eigenvalue weighted by atomic mass is 79.9. The van der Waals surface area contributed by atoms with Gasteiger partial charge in [-0.15, -0.1) is 0 Å². The zero-order chi connectivity index (χ0) is 21.0. The molecule has 3 rings (SSSR count). The molecule has 0 saturated heterocycles. The standard InChI is InChI=1S/C20H11BrFN3O4/c21-16-10-13(25(27)28)5-7-15(16)19-8-6-14(29-19)9-12(11-23)20(26)24-18-4-2-1-3-17(18)22/h1-10H,(H,24,26)/b12-9+. The van der Waals surface area contributed by atoms with Gasteiger partial charge < -0.3 is 9.73 Å². The van der Waals surface area contributed by atoms with E-state index in [1.165, 1.54) is 48.5 Å². The molecule has 7 nitrogen and oxygen atoms in total. The van der Waals surface area contributed by atoms with Crippen molar-refractivity contribution in [1.29, 1.82) is 5.26 Å². The SMILES string of the molecule is N#C/C(=C\c1ccc(-c2ccc([N+](=O)[O-])cc2Br)o1)C(=O)Nc1ccccc1F. The molecule has 2 aromatic carbocycles. The van der Waals surface area contributed by atoms with Crippen LogP contribution in [0, 0.1) is 27.3 Å². The molecule has 0 atom stereocenters. The lowest BCUT2D eigenvalue weighted by Gasteiger charge is -2.04. The number of nitrogens with zero attached hydrogens (tertiary/aromatic N) is 2. The Balaban J connectivity index is 1.84. The number of nitrogens with one attached hydrogen (secondary N) is 1. The second kappa shape index (κ2) is 8.50. The van der Waals surface area contributed by atoms with Crippen molar-refractivity contribution in [3.8, 4) is 17.4 Å². The molecule has 1 N–H and O–H groups in total. The first-order chi connectivity index (χ1) is 13.9. The van der Waals surface area contributed by atoms with Crippen LogP contribution in [0.25, 0.3) is 17.4 Å². The second-order valence-electron chi connectivity index (χ2n) is 5.73. The number of carbonyl (C=O) groups excluding carboxylic acids is 1. The van der Waals surface area contributed by atoms with E-state index in [9.17, 15) is 24.6 Å². The summed E-state index contributed by atoms with van der Waals surface area (Å²) in [7, 11) is 0. The number of nitro groups is 1. The molecule has 0 aliphatic carbocycles. The van der Waals surface area contributed by atoms with Crippen LogP contribution in [0.2, 0.25) is 0 Å². The summed E-state index contributed by atoms with van der Waals surface area (Å²) < 4.78 is 19.7. The minimum atomic E-state index is -0.785. The molecule has 1 aromatic heterocycles. The van der Waals surface area contributed by atoms with Gasteiger partial charge in [0, 0.05) is 28.2 Å². The topological polar surface area (TPSA) is 109 Å². The number of amides is 1. The molecule has 0 spiro atoms. The molecule has 29 heavy (non-hydrogen) atoms. The summed E-state index contributed by atoms with van der Waals surface area (Å²) in [5, 5.41) is 22.4. The number of hydrogen-bond acceptors (Lipinski definition) is 5. The number of nitriles is 1. The van der Waals surface area contributed by atoms with Crippen LogP contribution in [-0.4, -0.2) is 10.8 Å². The van der Waals surface area contributed by atoms with Gasteiger partial charge in [0.2, 0.25) is 0 Å². The van der Waals surface area contributed by atoms with E-state index >= 15 is 0 Å². The van der Waals surface area contributed by atoms with Crippen LogP contribution in [0.5, 0.6) is 0 Å². The van der Waals surface area contributed by atoms with Crippen molar-refractivity contribution in [3.63, 3.8) is 0 Å². The minimum absolute atomic E-state index is 0.0476. The molecule has 0 radical (unpaired) electrons. The summed E-state index contributed by atoms with van der Waals surface area (Å²) in [5.41, 5.74) is 0.152. The highest BCUT2D eigenvalue weighted by molar-refractivity contribution is 9.10. The molecular weight excluding hydrogens is 445 g/mol. The number of halogens is 2. The molecule has 144 valence electrons. The number of carbonyl (C=O) groups is 1. The van der Waals surface area contributed by atoms with Gasteiger partial charge in [-0.25, -0.2) is 4.39 Å². The molecule has 1 heterocycles. The summed E-state index contributed by atoms with van der Waals surface area (Å²) >= 11 is 3.26. The van der Waals surface area contributed by atoms with E-state index in [0.29, 0.717) is 15.8 Å². The van der Waals surface area contributed by atoms with E-state index in [-0.39, 0.29) is 22.7 Å². The lowest BCUT2D eigenvalue weighted by molar-refractivity contribution is -0.384. The lowest BCUT2D eigenvalue weighted by atomic mass is 10.1. The van der Waals surface area contributed by atoms with Crippen LogP contribution in [0.15, 0.2) is 69.1 Å². The predicted molar refractivity (Wildman–Crippen MR) is 107 cm³/mol. The molecule has 3 aromatic rings. The van der Waals surface area contributed by atoms with Gasteiger partial charge in [-0.3, -0.25) is 14.9 Å². The number of benzene rings is 2. The Morgan fingerprint density at radius 2 is 2.00 bits per heavy atom. The first-order valence-corrected chi connectivity index (χ1v) is 8.90. The quantitative estimate of drug-likeness (QED) is 0.243. The fraction of sp³-hybridized carbons (Fsp3) is 0. The fourth-order valence-electron chi connectivity index (χ4n) is 2.44. The van der Waals surface area contributed by atoms with Crippen LogP contribution < -0.4 is 5.32 Å². The zero-order valence-electron chi connectivity index (χ0n) is 14.6. The maximum Gasteiger partial charge on any atom is 0.270 e. The number of non-ortho nitro benzene ring substituents is 1. The third-order valence-electron chi connectivity index (χ3n) is 3.83. The van der Waals surface area contributed by atoms with Crippen molar-refractivity contribution in [2.75, 3.05) is 5.32 Å². The number of nitro benzene ring substituents is 1. The van der Waals surface area contributed by atoms with Crippen LogP contribution >= 0.6 is 15.9 Å². The first kappa shape index (κ1) is 20.0. The monoisotopic (exact) mass is 455 g/mol. The van der Waals surface area contributed by atoms with E-state index in [4.69, 9.17) is 4.42 Å². The average molecular weight is 456 g/mol. The third kappa shape index (κ3) is 4.56. The molecule has 9 heteroatoms. The third-order valence-corrected chi connectivity index (χ3v) is 4.49. The lowest BCUT2D eigenvalue weighted by Crippen LogP contribution is -2.14. The Kier molecular flexibility index (Phi) is 5.85. The largest absolute Gasteiger partial charge is 0.457 e. The normalized spacial score (nSPS) is 11.0. The van der Waals surface area contributed by atoms with Gasteiger partial charge in [-0.1, -0.05) is 12.1 Å². The summed E-state index contributed by atoms with van der Waals surface area (Å²) in [6.45, 7) is 0. The van der Waals surface area contributed by atoms with Gasteiger partial charge in [0.1, 0.15) is 29.0 Å². The average Bonchev–Trinajstić information content (AvgIpc) is 3.16. The van der Waals surface area contributed by atoms with Crippen LogP contribution in [0.3, 0.4) is 0 Å². The number of hydrogen-bond donors (Lipinski definition) is 1. The highest BCUT2D eigenvalue weighted by Gasteiger charge is 2.15. The molecule has 0 unspecified atom stereocenters. The Morgan fingerprint density at radius 3 is 2.66 bits per heavy atom. The molecule has 0 bridgehead atoms. The van der Waals surface area contributed by atoms with Crippen molar-refractivity contribution in [2.24, 2.45) is 0 Å². The van der Waals surface area contributed by atoms with E-state index < -0.39 is 16.6 Å². The Morgan fingerprint density at radius 1 is 1.24 bits per heavy atom. The van der Waals surface area contributed by atoms with Gasteiger partial charge in [0.15, 0.2) is 0 Å². The van der Waals surface area contributed by atoms with Gasteiger partial charge in [-0.05, 0) is 46.3 Å². The molecule has 0 saturated carbocycles. The number of anilines is 1. The van der Waals surface area contributed by atoms with Crippen molar-refractivity contribution < 1.29 is 18.5 Å². The maximum absolute atomic E-state index is 13.7. The summed E-state index contributed by atoms with van der Waals surface area (Å²) in [4.78, 5) is 22.6. The Bertz CT molecular complexity index is 1180. The van der Waals surface area contributed by atoms with Crippen molar-refractivity contribution in [1.82, 2.24) is 0 Å². The van der Waals surface area contributed by atoms with Crippen LogP contribution in [-0.2, 0) is 4.79 Å². The van der Waals surface area contributed by atoms with Crippen molar-refractivity contribution in [3.05, 3.63) is 86.3 Å². The van der Waals surface area contributed by atoms with Crippen LogP contribution in [0.1, 0.15) is 5.76 Å². The molecule has 1 amide bonds. The molecule has 0 aliphatic heterocycles. The summed E-state index contributed by atoms with van der Waals surface area (Å²) in [6.07, 6.45) is 1.22. The van der Waals surface area contributed by atoms with E-state index in [0.717, 1.165) is 0 Å². The Labute approximate surface area is 172 Å². The molecule has 0 fully saturated rings. The fourth-order valence-corrected chi connectivity index (χ4v) is 3.00. The van der Waals surface area contributed by atoms with Gasteiger partial charge in [0.05, 0.1) is 10.6 Å². The Hall–Kier alpha value is -3.77. The molecular formula is C20H11BrFN3O4. The first-order valence-electron chi connectivity index (χ1n) is 8.11. The predicted octanol–water partition coefficient (Wildman–Crippen LogP) is 5.30. The smallest absolute Gasteiger partial charge is 0.270 e. The van der Waals surface area contributed by atoms with Gasteiger partial charge in [-0.2, -0.15) is 5.26 Å². The number of rotatable bonds is 5. The summed E-state index contributed by atoms with van der Waals surface area (Å²) in [6, 6.07) is 14.7. The van der Waals surface area contributed by atoms with Gasteiger partial charge >= 0.3 is 0 Å². The van der Waals surface area contributed by atoms with Crippen molar-refractivity contribution >= 4 is 39.3 Å². The number of para-hydroxylation sites is 1. The van der Waals surface area contributed by atoms with Crippen LogP contribution in [0.4, 0.5) is 15.8 Å². The molecule has 0 aliphatic rings. The summed E-state index contributed by atoms with van der Waals surface area (Å²) in [5.74, 6) is -0.816. The minimum Gasteiger partial charge on any atom is -0.457 e. The zero-order valence-corrected chi connectivity index (χ0v) is 16.1. The highest BCUT2D eigenvalue weighted by Crippen LogP contribution is 2.33. The van der Waals surface area contributed by atoms with E-state index in [2.05, 4.69) is 21.2 Å². The van der Waals surface area contributed by atoms with E-state index in [1.807, 2.05) is 0 Å². The van der Waals surface area contributed by atoms with Gasteiger partial charge in [0.25, 0.3) is 11.6 Å². The van der Waals surface area contributed by atoms with E-state index in [1.54, 1.807) is 18.2 Å². The second-order valence-corrected chi connectivity index (χ2v) is 6.58. The maximum atomic E-state index is 13.7. The number of furan rings is 1.